The monoisotopic (exact) mass is 308 g/mol. The largest absolute Gasteiger partial charge is 0.398 e. The van der Waals surface area contributed by atoms with Gasteiger partial charge in [-0.2, -0.15) is 0 Å². The fourth-order valence-corrected chi connectivity index (χ4v) is 2.67. The third-order valence-corrected chi connectivity index (χ3v) is 3.95. The van der Waals surface area contributed by atoms with Gasteiger partial charge in [-0.1, -0.05) is 24.3 Å². The van der Waals surface area contributed by atoms with Crippen LogP contribution in [0.4, 0.5) is 5.69 Å². The zero-order valence-electron chi connectivity index (χ0n) is 11.7. The van der Waals surface area contributed by atoms with Crippen molar-refractivity contribution in [2.45, 2.75) is 32.2 Å². The standard InChI is InChI=1S/C11H11NS.C5H9N.ClH/c12-11-6-2-1-4-9(11)8-10-5-3-7-13-10;1-5-3-2-4-6-5;/h1-7H,8,12H2;4-5H,2-3H2,1H3;1H. The molecule has 2 N–H and O–H groups in total. The van der Waals surface area contributed by atoms with Crippen LogP contribution in [0.1, 0.15) is 30.2 Å². The molecule has 0 spiro atoms. The maximum absolute atomic E-state index is 5.84. The molecule has 1 aromatic carbocycles. The van der Waals surface area contributed by atoms with E-state index in [1.54, 1.807) is 11.3 Å². The van der Waals surface area contributed by atoms with E-state index in [1.807, 2.05) is 24.4 Å². The molecule has 1 aromatic heterocycles. The van der Waals surface area contributed by atoms with Crippen LogP contribution >= 0.6 is 23.7 Å². The first-order valence-corrected chi connectivity index (χ1v) is 7.51. The molecule has 0 amide bonds. The number of halogens is 1. The fraction of sp³-hybridized carbons (Fsp3) is 0.312. The van der Waals surface area contributed by atoms with Gasteiger partial charge in [0.2, 0.25) is 0 Å². The number of nitrogens with two attached hydrogens (primary N) is 1. The molecule has 1 unspecified atom stereocenters. The van der Waals surface area contributed by atoms with Crippen molar-refractivity contribution in [3.8, 4) is 0 Å². The Balaban J connectivity index is 0.000000243. The van der Waals surface area contributed by atoms with E-state index in [4.69, 9.17) is 5.73 Å². The van der Waals surface area contributed by atoms with E-state index in [2.05, 4.69) is 35.5 Å². The van der Waals surface area contributed by atoms with Gasteiger partial charge in [-0.25, -0.2) is 0 Å². The molecule has 2 aromatic rings. The second-order valence-electron chi connectivity index (χ2n) is 4.71. The highest BCUT2D eigenvalue weighted by molar-refractivity contribution is 7.09. The quantitative estimate of drug-likeness (QED) is 0.810. The number of thiophene rings is 1. The van der Waals surface area contributed by atoms with Crippen LogP contribution in [0, 0.1) is 0 Å². The van der Waals surface area contributed by atoms with Gasteiger partial charge >= 0.3 is 0 Å². The van der Waals surface area contributed by atoms with Crippen molar-refractivity contribution in [3.63, 3.8) is 0 Å². The zero-order chi connectivity index (χ0) is 13.5. The van der Waals surface area contributed by atoms with Gasteiger partial charge in [-0.05, 0) is 49.1 Å². The van der Waals surface area contributed by atoms with Crippen LogP contribution in [0.15, 0.2) is 46.8 Å². The Morgan fingerprint density at radius 1 is 1.25 bits per heavy atom. The van der Waals surface area contributed by atoms with E-state index >= 15 is 0 Å². The van der Waals surface area contributed by atoms with Crippen LogP contribution in [0.3, 0.4) is 0 Å². The van der Waals surface area contributed by atoms with Crippen molar-refractivity contribution in [3.05, 3.63) is 52.2 Å². The number of nitrogens with zero attached hydrogens (tertiary/aromatic N) is 1. The maximum atomic E-state index is 5.84. The second-order valence-corrected chi connectivity index (χ2v) is 5.75. The van der Waals surface area contributed by atoms with Crippen molar-refractivity contribution >= 4 is 35.6 Å². The van der Waals surface area contributed by atoms with Crippen LogP contribution in [0.2, 0.25) is 0 Å². The predicted molar refractivity (Wildman–Crippen MR) is 92.4 cm³/mol. The maximum Gasteiger partial charge on any atom is 0.0471 e. The van der Waals surface area contributed by atoms with Gasteiger partial charge in [0, 0.05) is 23.0 Å². The van der Waals surface area contributed by atoms with Crippen molar-refractivity contribution < 1.29 is 0 Å². The lowest BCUT2D eigenvalue weighted by Gasteiger charge is -2.02. The van der Waals surface area contributed by atoms with E-state index < -0.39 is 0 Å². The third kappa shape index (κ3) is 5.35. The molecular formula is C16H21ClN2S. The first-order valence-electron chi connectivity index (χ1n) is 6.63. The fourth-order valence-electron chi connectivity index (χ4n) is 1.94. The Hall–Kier alpha value is -1.32. The lowest BCUT2D eigenvalue weighted by molar-refractivity contribution is 0.739. The number of para-hydroxylation sites is 1. The summed E-state index contributed by atoms with van der Waals surface area (Å²) >= 11 is 1.77. The smallest absolute Gasteiger partial charge is 0.0471 e. The van der Waals surface area contributed by atoms with Crippen LogP contribution < -0.4 is 5.73 Å². The molecule has 0 bridgehead atoms. The molecule has 0 saturated heterocycles. The summed E-state index contributed by atoms with van der Waals surface area (Å²) in [6, 6.07) is 12.8. The number of aliphatic imine (C=N–C) groups is 1. The Bertz CT molecular complexity index is 523. The van der Waals surface area contributed by atoms with E-state index in [0.29, 0.717) is 6.04 Å². The average Bonchev–Trinajstić information content (AvgIpc) is 3.06. The minimum absolute atomic E-state index is 0. The summed E-state index contributed by atoms with van der Waals surface area (Å²) < 4.78 is 0. The molecule has 0 radical (unpaired) electrons. The topological polar surface area (TPSA) is 38.4 Å². The van der Waals surface area contributed by atoms with Crippen molar-refractivity contribution in [1.29, 1.82) is 0 Å². The Labute approximate surface area is 131 Å². The minimum Gasteiger partial charge on any atom is -0.398 e. The van der Waals surface area contributed by atoms with Crippen molar-refractivity contribution in [2.75, 3.05) is 5.73 Å². The Morgan fingerprint density at radius 2 is 2.05 bits per heavy atom. The van der Waals surface area contributed by atoms with Gasteiger partial charge in [0.05, 0.1) is 0 Å². The van der Waals surface area contributed by atoms with Crippen molar-refractivity contribution in [1.82, 2.24) is 0 Å². The van der Waals surface area contributed by atoms with Gasteiger partial charge in [0.25, 0.3) is 0 Å². The van der Waals surface area contributed by atoms with E-state index in [0.717, 1.165) is 12.1 Å². The highest BCUT2D eigenvalue weighted by Crippen LogP contribution is 2.18. The molecule has 108 valence electrons. The van der Waals surface area contributed by atoms with E-state index in [9.17, 15) is 0 Å². The second kappa shape index (κ2) is 8.77. The number of nitrogen functional groups attached to an aromatic ring is 1. The first kappa shape index (κ1) is 16.7. The summed E-state index contributed by atoms with van der Waals surface area (Å²) in [4.78, 5) is 5.47. The van der Waals surface area contributed by atoms with Crippen LogP contribution in [-0.4, -0.2) is 12.3 Å². The molecular weight excluding hydrogens is 288 g/mol. The highest BCUT2D eigenvalue weighted by Gasteiger charge is 2.00. The van der Waals surface area contributed by atoms with Crippen molar-refractivity contribution in [2.24, 2.45) is 4.99 Å². The van der Waals surface area contributed by atoms with Gasteiger partial charge in [-0.3, -0.25) is 4.99 Å². The number of anilines is 1. The predicted octanol–water partition coefficient (Wildman–Crippen LogP) is 4.58. The molecule has 1 aliphatic rings. The van der Waals surface area contributed by atoms with Gasteiger partial charge in [0.1, 0.15) is 0 Å². The van der Waals surface area contributed by atoms with E-state index in [1.165, 1.54) is 23.3 Å². The lowest BCUT2D eigenvalue weighted by atomic mass is 10.1. The number of rotatable bonds is 2. The van der Waals surface area contributed by atoms with Crippen LogP contribution in [0.5, 0.6) is 0 Å². The normalized spacial score (nSPS) is 16.1. The molecule has 2 nitrogen and oxygen atoms in total. The summed E-state index contributed by atoms with van der Waals surface area (Å²) in [6.45, 7) is 2.14. The average molecular weight is 309 g/mol. The Morgan fingerprint density at radius 3 is 2.55 bits per heavy atom. The highest BCUT2D eigenvalue weighted by atomic mass is 35.5. The molecule has 2 heterocycles. The van der Waals surface area contributed by atoms with Gasteiger partial charge in [0.15, 0.2) is 0 Å². The molecule has 1 aliphatic heterocycles. The van der Waals surface area contributed by atoms with Crippen LogP contribution in [-0.2, 0) is 6.42 Å². The number of hydrogen-bond acceptors (Lipinski definition) is 3. The summed E-state index contributed by atoms with van der Waals surface area (Å²) in [5.41, 5.74) is 7.94. The number of benzene rings is 1. The summed E-state index contributed by atoms with van der Waals surface area (Å²) in [7, 11) is 0. The molecule has 0 fully saturated rings. The van der Waals surface area contributed by atoms with Gasteiger partial charge < -0.3 is 5.73 Å². The first-order chi connectivity index (χ1) is 9.25. The molecule has 3 rings (SSSR count). The summed E-state index contributed by atoms with van der Waals surface area (Å²) in [6.07, 6.45) is 5.41. The SMILES string of the molecule is CC1CCC=N1.Cl.Nc1ccccc1Cc1cccs1. The molecule has 20 heavy (non-hydrogen) atoms. The third-order valence-electron chi connectivity index (χ3n) is 3.07. The Kier molecular flexibility index (Phi) is 7.34. The molecule has 1 atom stereocenters. The summed E-state index contributed by atoms with van der Waals surface area (Å²) in [5, 5.41) is 2.09. The summed E-state index contributed by atoms with van der Waals surface area (Å²) in [5.74, 6) is 0. The molecule has 0 aliphatic carbocycles. The lowest BCUT2D eigenvalue weighted by Crippen LogP contribution is -1.93. The minimum atomic E-state index is 0. The zero-order valence-corrected chi connectivity index (χ0v) is 13.3. The molecule has 4 heteroatoms. The number of hydrogen-bond donors (Lipinski definition) is 1. The van der Waals surface area contributed by atoms with Crippen LogP contribution in [0.25, 0.3) is 0 Å². The van der Waals surface area contributed by atoms with Gasteiger partial charge in [-0.15, -0.1) is 23.7 Å². The van der Waals surface area contributed by atoms with E-state index in [-0.39, 0.29) is 12.4 Å². The molecule has 0 saturated carbocycles.